The molecule has 1 heterocycles. The highest BCUT2D eigenvalue weighted by molar-refractivity contribution is 5.79. The van der Waals surface area contributed by atoms with Gasteiger partial charge in [0.2, 0.25) is 5.82 Å². The zero-order valence-corrected chi connectivity index (χ0v) is 18.1. The topological polar surface area (TPSA) is 71.9 Å². The monoisotopic (exact) mass is 400 g/mol. The maximum absolute atomic E-state index is 9.48. The van der Waals surface area contributed by atoms with Crippen LogP contribution in [0.1, 0.15) is 58.8 Å². The van der Waals surface area contributed by atoms with Gasteiger partial charge >= 0.3 is 0 Å². The van der Waals surface area contributed by atoms with Crippen LogP contribution in [0.5, 0.6) is 5.75 Å². The Morgan fingerprint density at radius 1 is 1.30 bits per heavy atom. The number of aromatic nitrogens is 2. The molecule has 0 bridgehead atoms. The number of benzene rings is 1. The van der Waals surface area contributed by atoms with Gasteiger partial charge in [0.1, 0.15) is 11.8 Å². The van der Waals surface area contributed by atoms with Crippen LogP contribution in [-0.2, 0) is 0 Å². The summed E-state index contributed by atoms with van der Waals surface area (Å²) in [6, 6.07) is 7.53. The summed E-state index contributed by atoms with van der Waals surface area (Å²) in [7, 11) is 0. The summed E-state index contributed by atoms with van der Waals surface area (Å²) >= 11 is 0. The van der Waals surface area contributed by atoms with Crippen LogP contribution in [0.3, 0.4) is 0 Å². The molecule has 2 aromatic rings. The second kappa shape index (κ2) is 7.60. The second-order valence-corrected chi connectivity index (χ2v) is 9.16. The summed E-state index contributed by atoms with van der Waals surface area (Å²) in [5.74, 6) is 1.91. The first-order chi connectivity index (χ1) is 14.3. The van der Waals surface area contributed by atoms with Gasteiger partial charge in [0.05, 0.1) is 11.7 Å². The van der Waals surface area contributed by atoms with Gasteiger partial charge in [-0.15, -0.1) is 0 Å². The van der Waals surface area contributed by atoms with E-state index in [1.54, 1.807) is 12.1 Å². The van der Waals surface area contributed by atoms with Crippen molar-refractivity contribution in [2.75, 3.05) is 0 Å². The molecule has 0 fully saturated rings. The van der Waals surface area contributed by atoms with Crippen LogP contribution in [0.2, 0.25) is 0 Å². The Bertz CT molecular complexity index is 1100. The van der Waals surface area contributed by atoms with Crippen molar-refractivity contribution < 1.29 is 9.26 Å². The number of ether oxygens (including phenoxy) is 1. The molecule has 0 saturated heterocycles. The average Bonchev–Trinajstić information content (AvgIpc) is 3.34. The van der Waals surface area contributed by atoms with E-state index >= 15 is 0 Å². The van der Waals surface area contributed by atoms with Gasteiger partial charge in [0, 0.05) is 11.1 Å². The molecule has 5 heteroatoms. The molecular weight excluding hydrogens is 374 g/mol. The lowest BCUT2D eigenvalue weighted by Crippen LogP contribution is -2.16. The molecule has 1 aromatic heterocycles. The molecule has 4 rings (SSSR count). The SMILES string of the molecule is CC(C)Oc1ccc(-c2nc(C3=C4C[C@@H](C(C)(C)C)[C]=C4CC=C3)no2)cc1C#N. The molecule has 0 aliphatic heterocycles. The minimum Gasteiger partial charge on any atom is -0.490 e. The quantitative estimate of drug-likeness (QED) is 0.638. The van der Waals surface area contributed by atoms with E-state index in [9.17, 15) is 5.26 Å². The van der Waals surface area contributed by atoms with Crippen molar-refractivity contribution in [1.82, 2.24) is 10.1 Å². The van der Waals surface area contributed by atoms with E-state index in [1.165, 1.54) is 11.1 Å². The van der Waals surface area contributed by atoms with E-state index in [0.29, 0.717) is 34.5 Å². The maximum Gasteiger partial charge on any atom is 0.258 e. The molecule has 1 radical (unpaired) electrons. The Balaban J connectivity index is 1.66. The van der Waals surface area contributed by atoms with E-state index in [2.05, 4.69) is 55.2 Å². The van der Waals surface area contributed by atoms with Crippen LogP contribution in [0.15, 0.2) is 46.0 Å². The van der Waals surface area contributed by atoms with Crippen molar-refractivity contribution in [3.63, 3.8) is 0 Å². The highest BCUT2D eigenvalue weighted by Crippen LogP contribution is 2.45. The first-order valence-corrected chi connectivity index (χ1v) is 10.3. The molecule has 2 aliphatic carbocycles. The number of nitrogens with zero attached hydrogens (tertiary/aromatic N) is 3. The standard InChI is InChI=1S/C25H26N3O2/c1-15(2)29-22-10-9-17(11-18(22)14-26)24-27-23(28-30-24)20-8-6-7-16-12-19(13-21(16)20)25(3,4)5/h6,8-11,15,19H,7,13H2,1-5H3/t19-/m0/s1. The van der Waals surface area contributed by atoms with Gasteiger partial charge in [0.25, 0.3) is 5.89 Å². The van der Waals surface area contributed by atoms with Gasteiger partial charge in [-0.3, -0.25) is 0 Å². The lowest BCUT2D eigenvalue weighted by Gasteiger charge is -2.25. The molecular formula is C25H26N3O2. The molecule has 5 nitrogen and oxygen atoms in total. The first kappa shape index (κ1) is 20.2. The summed E-state index contributed by atoms with van der Waals surface area (Å²) in [6.45, 7) is 10.6. The van der Waals surface area contributed by atoms with Crippen molar-refractivity contribution in [3.8, 4) is 23.3 Å². The smallest absolute Gasteiger partial charge is 0.258 e. The molecule has 2 aliphatic rings. The predicted molar refractivity (Wildman–Crippen MR) is 115 cm³/mol. The third-order valence-electron chi connectivity index (χ3n) is 5.47. The largest absolute Gasteiger partial charge is 0.490 e. The van der Waals surface area contributed by atoms with Crippen molar-refractivity contribution in [3.05, 3.63) is 59.0 Å². The van der Waals surface area contributed by atoms with Crippen LogP contribution in [0.25, 0.3) is 17.0 Å². The van der Waals surface area contributed by atoms with E-state index in [0.717, 1.165) is 18.4 Å². The fraction of sp³-hybridized carbons (Fsp3) is 0.400. The van der Waals surface area contributed by atoms with Gasteiger partial charge in [-0.05, 0) is 73.4 Å². The average molecular weight is 401 g/mol. The van der Waals surface area contributed by atoms with Crippen LogP contribution in [0, 0.1) is 28.7 Å². The zero-order chi connectivity index (χ0) is 21.5. The van der Waals surface area contributed by atoms with Gasteiger partial charge in [0.15, 0.2) is 0 Å². The van der Waals surface area contributed by atoms with Crippen LogP contribution in [0.4, 0.5) is 0 Å². The zero-order valence-electron chi connectivity index (χ0n) is 18.1. The van der Waals surface area contributed by atoms with Gasteiger partial charge in [-0.2, -0.15) is 10.2 Å². The van der Waals surface area contributed by atoms with E-state index in [-0.39, 0.29) is 11.5 Å². The summed E-state index contributed by atoms with van der Waals surface area (Å²) in [4.78, 5) is 4.64. The minimum absolute atomic E-state index is 0.00754. The maximum atomic E-state index is 9.48. The molecule has 0 N–H and O–H groups in total. The highest BCUT2D eigenvalue weighted by atomic mass is 16.5. The Labute approximate surface area is 177 Å². The highest BCUT2D eigenvalue weighted by Gasteiger charge is 2.33. The number of allylic oxidation sites excluding steroid dienone is 6. The predicted octanol–water partition coefficient (Wildman–Crippen LogP) is 5.90. The Hall–Kier alpha value is -3.13. The van der Waals surface area contributed by atoms with Gasteiger partial charge in [-0.1, -0.05) is 38.1 Å². The lowest BCUT2D eigenvalue weighted by molar-refractivity contribution is 0.241. The minimum atomic E-state index is -0.00754. The van der Waals surface area contributed by atoms with Crippen molar-refractivity contribution >= 4 is 5.57 Å². The van der Waals surface area contributed by atoms with Gasteiger partial charge in [-0.25, -0.2) is 0 Å². The van der Waals surface area contributed by atoms with Crippen LogP contribution >= 0.6 is 0 Å². The molecule has 30 heavy (non-hydrogen) atoms. The molecule has 0 saturated carbocycles. The van der Waals surface area contributed by atoms with Crippen molar-refractivity contribution in [1.29, 1.82) is 5.26 Å². The van der Waals surface area contributed by atoms with Crippen LogP contribution in [-0.4, -0.2) is 16.2 Å². The third-order valence-corrected chi connectivity index (χ3v) is 5.47. The molecule has 153 valence electrons. The fourth-order valence-electron chi connectivity index (χ4n) is 3.82. The number of fused-ring (bicyclic) bond motifs is 1. The fourth-order valence-corrected chi connectivity index (χ4v) is 3.82. The summed E-state index contributed by atoms with van der Waals surface area (Å²) < 4.78 is 11.3. The molecule has 0 unspecified atom stereocenters. The molecule has 0 amide bonds. The number of hydrogen-bond acceptors (Lipinski definition) is 5. The van der Waals surface area contributed by atoms with Crippen molar-refractivity contribution in [2.45, 2.75) is 53.6 Å². The second-order valence-electron chi connectivity index (χ2n) is 9.16. The first-order valence-electron chi connectivity index (χ1n) is 10.3. The van der Waals surface area contributed by atoms with E-state index < -0.39 is 0 Å². The Morgan fingerprint density at radius 2 is 2.10 bits per heavy atom. The normalized spacial score (nSPS) is 18.4. The summed E-state index contributed by atoms with van der Waals surface area (Å²) in [5, 5.41) is 13.7. The Kier molecular flexibility index (Phi) is 5.11. The molecule has 1 atom stereocenters. The molecule has 1 aromatic carbocycles. The number of rotatable bonds is 4. The third kappa shape index (κ3) is 3.82. The lowest BCUT2D eigenvalue weighted by atomic mass is 9.80. The Morgan fingerprint density at radius 3 is 2.80 bits per heavy atom. The van der Waals surface area contributed by atoms with Gasteiger partial charge < -0.3 is 9.26 Å². The summed E-state index contributed by atoms with van der Waals surface area (Å²) in [6.07, 6.45) is 9.74. The van der Waals surface area contributed by atoms with Crippen molar-refractivity contribution in [2.24, 2.45) is 11.3 Å². The number of hydrogen-bond donors (Lipinski definition) is 0. The number of nitriles is 1. The van der Waals surface area contributed by atoms with Crippen LogP contribution < -0.4 is 4.74 Å². The van der Waals surface area contributed by atoms with E-state index in [1.807, 2.05) is 19.9 Å². The molecule has 0 spiro atoms. The summed E-state index contributed by atoms with van der Waals surface area (Å²) in [5.41, 5.74) is 4.84. The van der Waals surface area contributed by atoms with E-state index in [4.69, 9.17) is 9.26 Å².